The van der Waals surface area contributed by atoms with E-state index in [-0.39, 0.29) is 23.8 Å². The van der Waals surface area contributed by atoms with Crippen LogP contribution in [0.4, 0.5) is 4.39 Å². The Morgan fingerprint density at radius 2 is 1.85 bits per heavy atom. The van der Waals surface area contributed by atoms with Gasteiger partial charge in [-0.25, -0.2) is 4.39 Å². The van der Waals surface area contributed by atoms with Gasteiger partial charge in [-0.15, -0.1) is 0 Å². The smallest absolute Gasteiger partial charge is 0.211 e. The van der Waals surface area contributed by atoms with Crippen molar-refractivity contribution in [2.75, 3.05) is 19.6 Å². The summed E-state index contributed by atoms with van der Waals surface area (Å²) in [5, 5.41) is 18.4. The molecule has 0 spiro atoms. The third kappa shape index (κ3) is 15.9. The van der Waals surface area contributed by atoms with Crippen LogP contribution in [-0.4, -0.2) is 43.7 Å². The van der Waals surface area contributed by atoms with Crippen molar-refractivity contribution >= 4 is 24.4 Å². The number of hydrogen-bond acceptors (Lipinski definition) is 4. The van der Waals surface area contributed by atoms with E-state index in [1.807, 2.05) is 24.3 Å². The van der Waals surface area contributed by atoms with Crippen molar-refractivity contribution in [3.63, 3.8) is 0 Å². The van der Waals surface area contributed by atoms with Crippen LogP contribution < -0.4 is 16.0 Å². The number of amides is 2. The molecule has 0 aromatic heterocycles. The Kier molecular flexibility index (Phi) is 16.7. The van der Waals surface area contributed by atoms with Crippen LogP contribution in [-0.2, 0) is 9.59 Å². The fourth-order valence-electron chi connectivity index (χ4n) is 4.53. The van der Waals surface area contributed by atoms with Crippen molar-refractivity contribution in [3.8, 4) is 0 Å². The van der Waals surface area contributed by atoms with Gasteiger partial charge in [0, 0.05) is 36.3 Å². The second kappa shape index (κ2) is 18.8. The maximum atomic E-state index is 14.2. The molecule has 1 saturated carbocycles. The van der Waals surface area contributed by atoms with Crippen molar-refractivity contribution < 1.29 is 19.1 Å². The highest BCUT2D eigenvalue weighted by Crippen LogP contribution is 2.31. The van der Waals surface area contributed by atoms with Crippen LogP contribution in [0.3, 0.4) is 0 Å². The van der Waals surface area contributed by atoms with Gasteiger partial charge in [-0.3, -0.25) is 9.59 Å². The summed E-state index contributed by atoms with van der Waals surface area (Å²) in [7, 11) is 0. The second-order valence-corrected chi connectivity index (χ2v) is 12.6. The molecule has 2 amide bonds. The number of carbonyl (C=O) groups is 2. The highest BCUT2D eigenvalue weighted by molar-refractivity contribution is 6.30. The van der Waals surface area contributed by atoms with E-state index in [0.717, 1.165) is 57.3 Å². The molecule has 3 rings (SSSR count). The fourth-order valence-corrected chi connectivity index (χ4v) is 4.73. The van der Waals surface area contributed by atoms with Crippen LogP contribution >= 0.6 is 11.6 Å². The van der Waals surface area contributed by atoms with Gasteiger partial charge in [0.1, 0.15) is 5.83 Å². The number of carbonyl (C=O) groups excluding carboxylic acids is 2. The summed E-state index contributed by atoms with van der Waals surface area (Å²) in [5.74, 6) is 0.804. The molecular weight excluding hydrogens is 529 g/mol. The highest BCUT2D eigenvalue weighted by atomic mass is 35.5. The number of hydrogen-bond donors (Lipinski definition) is 4. The zero-order valence-corrected chi connectivity index (χ0v) is 25.7. The molecular formula is C32H49ClFN3O3. The van der Waals surface area contributed by atoms with E-state index in [4.69, 9.17) is 16.7 Å². The number of rotatable bonds is 10. The SMILES string of the molecule is CC(C)(C)C.C\C(=C/C(C)=C(F)\C=C\[C@@H]1CNC[C@@H]1c1cccc(Cl)c1)NC=O.O=CNCCC1CC[C@@H](O)C1. The molecule has 40 heavy (non-hydrogen) atoms. The first kappa shape index (κ1) is 35.5. The topological polar surface area (TPSA) is 90.5 Å². The lowest BCUT2D eigenvalue weighted by atomic mass is 9.88. The molecule has 1 unspecified atom stereocenters. The van der Waals surface area contributed by atoms with E-state index in [1.165, 1.54) is 6.08 Å². The summed E-state index contributed by atoms with van der Waals surface area (Å²) in [5.41, 5.74) is 2.74. The van der Waals surface area contributed by atoms with Gasteiger partial charge in [-0.1, -0.05) is 57.5 Å². The number of nitrogens with one attached hydrogen (secondary N) is 3. The first-order valence-electron chi connectivity index (χ1n) is 14.1. The summed E-state index contributed by atoms with van der Waals surface area (Å²) in [4.78, 5) is 20.3. The lowest BCUT2D eigenvalue weighted by Gasteiger charge is -2.15. The predicted octanol–water partition coefficient (Wildman–Crippen LogP) is 6.43. The number of benzene rings is 1. The largest absolute Gasteiger partial charge is 0.393 e. The Bertz CT molecular complexity index is 997. The molecule has 1 aliphatic heterocycles. The maximum absolute atomic E-state index is 14.2. The van der Waals surface area contributed by atoms with E-state index in [1.54, 1.807) is 19.9 Å². The molecule has 6 nitrogen and oxygen atoms in total. The van der Waals surface area contributed by atoms with Gasteiger partial charge in [0.15, 0.2) is 0 Å². The van der Waals surface area contributed by atoms with E-state index < -0.39 is 0 Å². The van der Waals surface area contributed by atoms with Crippen LogP contribution in [0.2, 0.25) is 5.02 Å². The van der Waals surface area contributed by atoms with Gasteiger partial charge in [0.05, 0.1) is 6.10 Å². The zero-order chi connectivity index (χ0) is 30.1. The minimum atomic E-state index is -0.307. The maximum Gasteiger partial charge on any atom is 0.211 e. The van der Waals surface area contributed by atoms with Crippen LogP contribution in [0, 0.1) is 17.3 Å². The van der Waals surface area contributed by atoms with Gasteiger partial charge < -0.3 is 21.1 Å². The molecule has 8 heteroatoms. The molecule has 1 saturated heterocycles. The summed E-state index contributed by atoms with van der Waals surface area (Å²) >= 11 is 6.07. The lowest BCUT2D eigenvalue weighted by Crippen LogP contribution is -2.15. The Hall–Kier alpha value is -2.48. The summed E-state index contributed by atoms with van der Waals surface area (Å²) in [6.45, 7) is 14.5. The molecule has 2 fully saturated rings. The van der Waals surface area contributed by atoms with Gasteiger partial charge in [-0.05, 0) is 92.2 Å². The van der Waals surface area contributed by atoms with Crippen molar-refractivity contribution in [3.05, 3.63) is 70.2 Å². The minimum absolute atomic E-state index is 0.0868. The van der Waals surface area contributed by atoms with E-state index in [9.17, 15) is 14.0 Å². The quantitative estimate of drug-likeness (QED) is 0.147. The minimum Gasteiger partial charge on any atom is -0.393 e. The van der Waals surface area contributed by atoms with Gasteiger partial charge >= 0.3 is 0 Å². The van der Waals surface area contributed by atoms with Crippen molar-refractivity contribution in [2.45, 2.75) is 79.2 Å². The zero-order valence-electron chi connectivity index (χ0n) is 25.0. The molecule has 1 aromatic carbocycles. The van der Waals surface area contributed by atoms with Gasteiger partial charge in [0.2, 0.25) is 12.8 Å². The molecule has 0 bridgehead atoms. The molecule has 4 N–H and O–H groups in total. The van der Waals surface area contributed by atoms with Crippen molar-refractivity contribution in [1.29, 1.82) is 0 Å². The third-order valence-corrected chi connectivity index (χ3v) is 6.65. The van der Waals surface area contributed by atoms with Crippen LogP contribution in [0.25, 0.3) is 0 Å². The van der Waals surface area contributed by atoms with Crippen LogP contribution in [0.1, 0.15) is 78.7 Å². The third-order valence-electron chi connectivity index (χ3n) is 6.42. The number of aliphatic hydroxyl groups is 1. The monoisotopic (exact) mass is 577 g/mol. The molecule has 1 aromatic rings. The standard InChI is InChI=1S/C19H22ClFN2O.C8H15NO2.C5H12/c1-13(8-14(2)23-12-24)19(21)7-6-16-10-22-11-18(16)15-4-3-5-17(20)9-15;10-6-9-4-3-7-1-2-8(11)5-7;1-5(2,3)4/h3-9,12,16,18,22H,10-11H2,1-2H3,(H,23,24);6-8,11H,1-5H2,(H,9,10);1-4H3/b7-6+,14-8+,19-13+;;/t16-,18-;7?,8-;/m11./s1. The number of aliphatic hydroxyl groups excluding tert-OH is 1. The van der Waals surface area contributed by atoms with Crippen molar-refractivity contribution in [1.82, 2.24) is 16.0 Å². The summed E-state index contributed by atoms with van der Waals surface area (Å²) in [6, 6.07) is 7.81. The number of allylic oxidation sites excluding steroid dienone is 5. The molecule has 0 radical (unpaired) electrons. The Morgan fingerprint density at radius 3 is 2.42 bits per heavy atom. The average Bonchev–Trinajstić information content (AvgIpc) is 3.51. The molecule has 224 valence electrons. The molecule has 1 aliphatic carbocycles. The van der Waals surface area contributed by atoms with Crippen molar-refractivity contribution in [2.24, 2.45) is 17.3 Å². The summed E-state index contributed by atoms with van der Waals surface area (Å²) < 4.78 is 14.2. The first-order valence-corrected chi connectivity index (χ1v) is 14.5. The molecule has 2 aliphatic rings. The molecule has 4 atom stereocenters. The Balaban J connectivity index is 0.000000411. The van der Waals surface area contributed by atoms with Gasteiger partial charge in [-0.2, -0.15) is 0 Å². The first-order chi connectivity index (χ1) is 18.8. The van der Waals surface area contributed by atoms with E-state index in [2.05, 4.69) is 49.7 Å². The lowest BCUT2D eigenvalue weighted by molar-refractivity contribution is -0.110. The van der Waals surface area contributed by atoms with E-state index in [0.29, 0.717) is 34.0 Å². The van der Waals surface area contributed by atoms with Crippen LogP contribution in [0.5, 0.6) is 0 Å². The number of halogens is 2. The van der Waals surface area contributed by atoms with E-state index >= 15 is 0 Å². The Morgan fingerprint density at radius 1 is 1.15 bits per heavy atom. The second-order valence-electron chi connectivity index (χ2n) is 12.2. The van der Waals surface area contributed by atoms with Crippen LogP contribution in [0.15, 0.2) is 59.6 Å². The average molecular weight is 578 g/mol. The summed E-state index contributed by atoms with van der Waals surface area (Å²) in [6.07, 6.45) is 10.2. The molecule has 1 heterocycles. The highest BCUT2D eigenvalue weighted by Gasteiger charge is 2.26. The fraction of sp³-hybridized carbons (Fsp3) is 0.562. The van der Waals surface area contributed by atoms with Gasteiger partial charge in [0.25, 0.3) is 0 Å². The predicted molar refractivity (Wildman–Crippen MR) is 164 cm³/mol. The Labute approximate surface area is 245 Å². The normalized spacial score (nSPS) is 23.4.